The molecule has 2 aromatic rings. The van der Waals surface area contributed by atoms with Gasteiger partial charge in [-0.25, -0.2) is 4.79 Å². The van der Waals surface area contributed by atoms with Crippen molar-refractivity contribution in [2.75, 3.05) is 0 Å². The Labute approximate surface area is 174 Å². The summed E-state index contributed by atoms with van der Waals surface area (Å²) in [6.45, 7) is 1.92. The van der Waals surface area contributed by atoms with Crippen LogP contribution in [0.15, 0.2) is 27.4 Å². The fourth-order valence-electron chi connectivity index (χ4n) is 6.83. The predicted molar refractivity (Wildman–Crippen MR) is 110 cm³/mol. The number of carbonyl (C=O) groups excluding carboxylic acids is 1. The first-order valence-electron chi connectivity index (χ1n) is 10.9. The Balaban J connectivity index is 1.33. The molecule has 30 heavy (non-hydrogen) atoms. The third-order valence-electron chi connectivity index (χ3n) is 7.47. The zero-order valence-corrected chi connectivity index (χ0v) is 17.3. The van der Waals surface area contributed by atoms with E-state index in [4.69, 9.17) is 9.15 Å². The number of benzene rings is 1. The van der Waals surface area contributed by atoms with E-state index in [1.807, 2.05) is 6.92 Å². The van der Waals surface area contributed by atoms with Gasteiger partial charge in [0.2, 0.25) is 0 Å². The zero-order chi connectivity index (χ0) is 21.1. The molecule has 4 aliphatic rings. The summed E-state index contributed by atoms with van der Waals surface area (Å²) in [5.41, 5.74) is 0.318. The van der Waals surface area contributed by atoms with E-state index in [9.17, 15) is 19.8 Å². The molecule has 2 unspecified atom stereocenters. The molecule has 4 aliphatic carbocycles. The molecular weight excluding hydrogens is 384 g/mol. The van der Waals surface area contributed by atoms with E-state index < -0.39 is 11.2 Å². The van der Waals surface area contributed by atoms with Crippen LogP contribution < -0.4 is 5.63 Å². The molecule has 4 fully saturated rings. The van der Waals surface area contributed by atoms with Crippen molar-refractivity contribution in [3.8, 4) is 5.75 Å². The third-order valence-corrected chi connectivity index (χ3v) is 7.47. The Bertz CT molecular complexity index is 1050. The van der Waals surface area contributed by atoms with Gasteiger partial charge in [0, 0.05) is 23.1 Å². The number of phenolic OH excluding ortho intramolecular Hbond substituents is 1. The van der Waals surface area contributed by atoms with Gasteiger partial charge in [-0.2, -0.15) is 0 Å². The van der Waals surface area contributed by atoms with Gasteiger partial charge in [-0.3, -0.25) is 4.79 Å². The molecule has 160 valence electrons. The quantitative estimate of drug-likeness (QED) is 0.572. The van der Waals surface area contributed by atoms with Crippen LogP contribution in [0.5, 0.6) is 5.75 Å². The zero-order valence-electron chi connectivity index (χ0n) is 17.3. The molecule has 4 atom stereocenters. The fourth-order valence-corrected chi connectivity index (χ4v) is 6.83. The second-order valence-corrected chi connectivity index (χ2v) is 9.94. The van der Waals surface area contributed by atoms with Crippen LogP contribution in [0.2, 0.25) is 0 Å². The maximum absolute atomic E-state index is 12.8. The highest BCUT2D eigenvalue weighted by atomic mass is 16.5. The van der Waals surface area contributed by atoms with Gasteiger partial charge in [-0.05, 0) is 73.8 Å². The molecule has 1 aromatic heterocycles. The van der Waals surface area contributed by atoms with Crippen molar-refractivity contribution in [1.29, 1.82) is 0 Å². The van der Waals surface area contributed by atoms with E-state index >= 15 is 0 Å². The second kappa shape index (κ2) is 6.84. The number of ether oxygens (including phenoxy) is 1. The Morgan fingerprint density at radius 3 is 2.57 bits per heavy atom. The molecule has 6 heteroatoms. The first kappa shape index (κ1) is 19.6. The third kappa shape index (κ3) is 3.41. The number of aromatic hydroxyl groups is 1. The molecule has 0 aliphatic heterocycles. The summed E-state index contributed by atoms with van der Waals surface area (Å²) in [5.74, 6) is 0.845. The topological polar surface area (TPSA) is 97.0 Å². The lowest BCUT2D eigenvalue weighted by Crippen LogP contribution is -2.56. The predicted octanol–water partition coefficient (Wildman–Crippen LogP) is 3.83. The minimum absolute atomic E-state index is 0.0118. The lowest BCUT2D eigenvalue weighted by molar-refractivity contribution is -0.177. The molecule has 1 aromatic carbocycles. The van der Waals surface area contributed by atoms with Crippen LogP contribution in [0.1, 0.15) is 63.0 Å². The van der Waals surface area contributed by atoms with Gasteiger partial charge < -0.3 is 19.4 Å². The summed E-state index contributed by atoms with van der Waals surface area (Å²) in [5, 5.41) is 21.6. The number of aryl methyl sites for hydroxylation is 1. The normalized spacial score (nSPS) is 31.9. The molecule has 4 saturated carbocycles. The maximum Gasteiger partial charge on any atom is 0.336 e. The standard InChI is InChI=1S/C24H28O6/c1-2-16-4-18-17(5-21(26)30-20(18)6-19(16)25)12-29-22(27)11-23-7-14-3-15(8-23)10-24(28,9-14)13-23/h4-6,14-15,25,28H,2-3,7-13H2,1H3/t14-,15+,23?,24?. The van der Waals surface area contributed by atoms with Gasteiger partial charge in [0.1, 0.15) is 17.9 Å². The molecule has 0 radical (unpaired) electrons. The number of rotatable bonds is 5. The smallest absolute Gasteiger partial charge is 0.336 e. The van der Waals surface area contributed by atoms with Crippen molar-refractivity contribution in [2.45, 2.75) is 70.5 Å². The minimum Gasteiger partial charge on any atom is -0.508 e. The highest BCUT2D eigenvalue weighted by Gasteiger charge is 2.57. The fraction of sp³-hybridized carbons (Fsp3) is 0.583. The van der Waals surface area contributed by atoms with Crippen LogP contribution in [0.4, 0.5) is 0 Å². The van der Waals surface area contributed by atoms with E-state index in [1.165, 1.54) is 18.6 Å². The van der Waals surface area contributed by atoms with Crippen molar-refractivity contribution in [3.63, 3.8) is 0 Å². The van der Waals surface area contributed by atoms with Crippen LogP contribution >= 0.6 is 0 Å². The van der Waals surface area contributed by atoms with Crippen molar-refractivity contribution in [1.82, 2.24) is 0 Å². The summed E-state index contributed by atoms with van der Waals surface area (Å²) >= 11 is 0. The molecule has 0 saturated heterocycles. The number of aliphatic hydroxyl groups is 1. The van der Waals surface area contributed by atoms with Gasteiger partial charge in [0.05, 0.1) is 12.0 Å². The van der Waals surface area contributed by atoms with Gasteiger partial charge in [0.25, 0.3) is 0 Å². The molecule has 0 amide bonds. The SMILES string of the molecule is CCc1cc2c(COC(=O)CC34C[C@@H]5C[C@@H](CC(O)(C5)C3)C4)cc(=O)oc2cc1O. The number of phenols is 1. The van der Waals surface area contributed by atoms with E-state index in [2.05, 4.69) is 0 Å². The van der Waals surface area contributed by atoms with Crippen molar-refractivity contribution >= 4 is 16.9 Å². The van der Waals surface area contributed by atoms with E-state index in [0.29, 0.717) is 42.0 Å². The highest BCUT2D eigenvalue weighted by molar-refractivity contribution is 5.83. The van der Waals surface area contributed by atoms with Crippen LogP contribution in [-0.4, -0.2) is 21.8 Å². The van der Waals surface area contributed by atoms with Gasteiger partial charge in [-0.15, -0.1) is 0 Å². The number of carbonyl (C=O) groups is 1. The van der Waals surface area contributed by atoms with Crippen molar-refractivity contribution in [3.05, 3.63) is 39.7 Å². The molecule has 6 nitrogen and oxygen atoms in total. The summed E-state index contributed by atoms with van der Waals surface area (Å²) < 4.78 is 10.8. The van der Waals surface area contributed by atoms with Gasteiger partial charge in [0.15, 0.2) is 0 Å². The summed E-state index contributed by atoms with van der Waals surface area (Å²) in [6, 6.07) is 4.57. The van der Waals surface area contributed by atoms with E-state index in [-0.39, 0.29) is 29.3 Å². The first-order valence-corrected chi connectivity index (χ1v) is 10.9. The maximum atomic E-state index is 12.8. The second-order valence-electron chi connectivity index (χ2n) is 9.94. The molecule has 0 spiro atoms. The highest BCUT2D eigenvalue weighted by Crippen LogP contribution is 2.62. The van der Waals surface area contributed by atoms with E-state index in [1.54, 1.807) is 6.07 Å². The van der Waals surface area contributed by atoms with Crippen LogP contribution in [0.25, 0.3) is 11.0 Å². The Morgan fingerprint density at radius 2 is 1.90 bits per heavy atom. The first-order chi connectivity index (χ1) is 14.3. The Hall–Kier alpha value is -2.34. The van der Waals surface area contributed by atoms with Crippen molar-refractivity contribution < 1.29 is 24.2 Å². The Morgan fingerprint density at radius 1 is 1.17 bits per heavy atom. The average molecular weight is 412 g/mol. The summed E-state index contributed by atoms with van der Waals surface area (Å²) in [4.78, 5) is 24.7. The monoisotopic (exact) mass is 412 g/mol. The van der Waals surface area contributed by atoms with Crippen LogP contribution in [0.3, 0.4) is 0 Å². The van der Waals surface area contributed by atoms with Gasteiger partial charge >= 0.3 is 11.6 Å². The van der Waals surface area contributed by atoms with Gasteiger partial charge in [-0.1, -0.05) is 6.92 Å². The van der Waals surface area contributed by atoms with Crippen molar-refractivity contribution in [2.24, 2.45) is 17.3 Å². The summed E-state index contributed by atoms with van der Waals surface area (Å²) in [7, 11) is 0. The molecule has 2 N–H and O–H groups in total. The molecule has 6 rings (SSSR count). The molecule has 4 bridgehead atoms. The number of fused-ring (bicyclic) bond motifs is 1. The number of hydrogen-bond donors (Lipinski definition) is 2. The average Bonchev–Trinajstić information content (AvgIpc) is 2.63. The lowest BCUT2D eigenvalue weighted by Gasteiger charge is -2.60. The largest absolute Gasteiger partial charge is 0.508 e. The number of esters is 1. The lowest BCUT2D eigenvalue weighted by atomic mass is 9.47. The summed E-state index contributed by atoms with van der Waals surface area (Å²) in [6.07, 6.45) is 6.57. The molecular formula is C24H28O6. The van der Waals surface area contributed by atoms with Crippen LogP contribution in [-0.2, 0) is 22.6 Å². The Kier molecular flexibility index (Phi) is 4.47. The number of hydrogen-bond acceptors (Lipinski definition) is 6. The molecule has 1 heterocycles. The minimum atomic E-state index is -0.600. The van der Waals surface area contributed by atoms with Crippen LogP contribution in [0, 0.1) is 17.3 Å². The van der Waals surface area contributed by atoms with E-state index in [0.717, 1.165) is 31.2 Å².